The molecule has 1 unspecified atom stereocenters. The van der Waals surface area contributed by atoms with Crippen LogP contribution in [-0.4, -0.2) is 30.6 Å². The van der Waals surface area contributed by atoms with E-state index in [0.29, 0.717) is 11.5 Å². The monoisotopic (exact) mass is 246 g/mol. The Kier molecular flexibility index (Phi) is 4.28. The molecule has 0 spiro atoms. The van der Waals surface area contributed by atoms with Crippen LogP contribution in [0.1, 0.15) is 33.6 Å². The predicted octanol–water partition coefficient (Wildman–Crippen LogP) is 3.61. The van der Waals surface area contributed by atoms with Gasteiger partial charge in [0.25, 0.3) is 0 Å². The molecule has 1 aromatic carbocycles. The number of rotatable bonds is 4. The molecule has 1 saturated heterocycles. The van der Waals surface area contributed by atoms with Gasteiger partial charge in [0, 0.05) is 24.8 Å². The average Bonchev–Trinajstić information content (AvgIpc) is 2.36. The lowest BCUT2D eigenvalue weighted by Crippen LogP contribution is -2.47. The SMILES string of the molecule is CC(CNc1ccccc1)N1CCCC(C)(C)C1. The molecule has 1 aromatic rings. The lowest BCUT2D eigenvalue weighted by molar-refractivity contribution is 0.0891. The molecule has 0 saturated carbocycles. The van der Waals surface area contributed by atoms with Crippen LogP contribution in [-0.2, 0) is 0 Å². The maximum absolute atomic E-state index is 3.53. The third-order valence-electron chi connectivity index (χ3n) is 3.93. The van der Waals surface area contributed by atoms with Crippen molar-refractivity contribution in [3.8, 4) is 0 Å². The molecule has 1 N–H and O–H groups in total. The van der Waals surface area contributed by atoms with Crippen LogP contribution < -0.4 is 5.32 Å². The summed E-state index contributed by atoms with van der Waals surface area (Å²) in [5.74, 6) is 0. The minimum atomic E-state index is 0.485. The van der Waals surface area contributed by atoms with E-state index >= 15 is 0 Å². The van der Waals surface area contributed by atoms with E-state index in [0.717, 1.165) is 6.54 Å². The highest BCUT2D eigenvalue weighted by Gasteiger charge is 2.28. The van der Waals surface area contributed by atoms with Gasteiger partial charge in [0.05, 0.1) is 0 Å². The van der Waals surface area contributed by atoms with E-state index in [2.05, 4.69) is 61.3 Å². The second-order valence-corrected chi connectivity index (χ2v) is 6.33. The summed E-state index contributed by atoms with van der Waals surface area (Å²) in [5, 5.41) is 3.53. The Balaban J connectivity index is 1.83. The van der Waals surface area contributed by atoms with Gasteiger partial charge in [0.15, 0.2) is 0 Å². The zero-order valence-electron chi connectivity index (χ0n) is 11.9. The normalized spacial score (nSPS) is 21.5. The molecule has 2 rings (SSSR count). The molecule has 0 aliphatic carbocycles. The molecule has 100 valence electrons. The van der Waals surface area contributed by atoms with Gasteiger partial charge < -0.3 is 5.32 Å². The largest absolute Gasteiger partial charge is 0.383 e. The van der Waals surface area contributed by atoms with Gasteiger partial charge in [-0.25, -0.2) is 0 Å². The number of para-hydroxylation sites is 1. The van der Waals surface area contributed by atoms with Gasteiger partial charge >= 0.3 is 0 Å². The summed E-state index contributed by atoms with van der Waals surface area (Å²) in [5.41, 5.74) is 1.71. The summed E-state index contributed by atoms with van der Waals surface area (Å²) >= 11 is 0. The van der Waals surface area contributed by atoms with E-state index in [9.17, 15) is 0 Å². The van der Waals surface area contributed by atoms with Gasteiger partial charge in [-0.15, -0.1) is 0 Å². The first-order valence-corrected chi connectivity index (χ1v) is 7.10. The number of nitrogens with zero attached hydrogens (tertiary/aromatic N) is 1. The van der Waals surface area contributed by atoms with E-state index in [1.54, 1.807) is 0 Å². The fourth-order valence-corrected chi connectivity index (χ4v) is 2.80. The average molecular weight is 246 g/mol. The van der Waals surface area contributed by atoms with Crippen molar-refractivity contribution in [2.75, 3.05) is 25.0 Å². The Bertz CT molecular complexity index is 359. The van der Waals surface area contributed by atoms with Gasteiger partial charge in [0.2, 0.25) is 0 Å². The number of benzene rings is 1. The lowest BCUT2D eigenvalue weighted by atomic mass is 9.83. The number of piperidine rings is 1. The third-order valence-corrected chi connectivity index (χ3v) is 3.93. The third kappa shape index (κ3) is 3.74. The van der Waals surface area contributed by atoms with Crippen molar-refractivity contribution in [2.45, 2.75) is 39.7 Å². The predicted molar refractivity (Wildman–Crippen MR) is 79.0 cm³/mol. The molecule has 2 heteroatoms. The Hall–Kier alpha value is -1.02. The summed E-state index contributed by atoms with van der Waals surface area (Å²) in [7, 11) is 0. The van der Waals surface area contributed by atoms with Gasteiger partial charge in [-0.1, -0.05) is 32.0 Å². The van der Waals surface area contributed by atoms with Gasteiger partial charge in [-0.3, -0.25) is 4.90 Å². The van der Waals surface area contributed by atoms with Crippen molar-refractivity contribution in [3.05, 3.63) is 30.3 Å². The second kappa shape index (κ2) is 5.75. The van der Waals surface area contributed by atoms with Crippen LogP contribution in [0.2, 0.25) is 0 Å². The van der Waals surface area contributed by atoms with E-state index in [-0.39, 0.29) is 0 Å². The van der Waals surface area contributed by atoms with Crippen LogP contribution in [0.4, 0.5) is 5.69 Å². The molecular weight excluding hydrogens is 220 g/mol. The maximum Gasteiger partial charge on any atom is 0.0340 e. The summed E-state index contributed by atoms with van der Waals surface area (Å²) in [6.45, 7) is 10.6. The quantitative estimate of drug-likeness (QED) is 0.873. The van der Waals surface area contributed by atoms with Crippen LogP contribution in [0, 0.1) is 5.41 Å². The number of hydrogen-bond acceptors (Lipinski definition) is 2. The van der Waals surface area contributed by atoms with Crippen molar-refractivity contribution in [3.63, 3.8) is 0 Å². The highest BCUT2D eigenvalue weighted by molar-refractivity contribution is 5.42. The number of anilines is 1. The van der Waals surface area contributed by atoms with Crippen LogP contribution in [0.5, 0.6) is 0 Å². The van der Waals surface area contributed by atoms with Crippen molar-refractivity contribution in [2.24, 2.45) is 5.41 Å². The number of nitrogens with one attached hydrogen (secondary N) is 1. The summed E-state index contributed by atoms with van der Waals surface area (Å²) < 4.78 is 0. The molecule has 18 heavy (non-hydrogen) atoms. The standard InChI is InChI=1S/C16H26N2/c1-14(12-17-15-8-5-4-6-9-15)18-11-7-10-16(2,3)13-18/h4-6,8-9,14,17H,7,10-13H2,1-3H3. The molecule has 0 bridgehead atoms. The van der Waals surface area contributed by atoms with Gasteiger partial charge in [0.1, 0.15) is 0 Å². The molecule has 1 aliphatic rings. The van der Waals surface area contributed by atoms with Crippen molar-refractivity contribution in [1.29, 1.82) is 0 Å². The Morgan fingerprint density at radius 2 is 2.00 bits per heavy atom. The summed E-state index contributed by atoms with van der Waals surface area (Å²) in [6, 6.07) is 11.1. The highest BCUT2D eigenvalue weighted by Crippen LogP contribution is 2.29. The topological polar surface area (TPSA) is 15.3 Å². The molecule has 0 amide bonds. The zero-order chi connectivity index (χ0) is 13.0. The van der Waals surface area contributed by atoms with Crippen LogP contribution in [0.15, 0.2) is 30.3 Å². The number of likely N-dealkylation sites (tertiary alicyclic amines) is 1. The molecule has 2 nitrogen and oxygen atoms in total. The Morgan fingerprint density at radius 1 is 1.28 bits per heavy atom. The maximum atomic E-state index is 3.53. The molecular formula is C16H26N2. The molecule has 1 atom stereocenters. The van der Waals surface area contributed by atoms with Crippen molar-refractivity contribution in [1.82, 2.24) is 4.90 Å². The lowest BCUT2D eigenvalue weighted by Gasteiger charge is -2.41. The fourth-order valence-electron chi connectivity index (χ4n) is 2.80. The van der Waals surface area contributed by atoms with Crippen LogP contribution in [0.3, 0.4) is 0 Å². The summed E-state index contributed by atoms with van der Waals surface area (Å²) in [4.78, 5) is 2.62. The smallest absolute Gasteiger partial charge is 0.0340 e. The van der Waals surface area contributed by atoms with Gasteiger partial charge in [-0.2, -0.15) is 0 Å². The first-order valence-electron chi connectivity index (χ1n) is 7.10. The van der Waals surface area contributed by atoms with Crippen molar-refractivity contribution >= 4 is 5.69 Å². The Labute approximate surface area is 111 Å². The van der Waals surface area contributed by atoms with Crippen LogP contribution in [0.25, 0.3) is 0 Å². The molecule has 0 radical (unpaired) electrons. The minimum Gasteiger partial charge on any atom is -0.383 e. The van der Waals surface area contributed by atoms with Crippen molar-refractivity contribution < 1.29 is 0 Å². The minimum absolute atomic E-state index is 0.485. The first-order chi connectivity index (χ1) is 8.57. The molecule has 1 fully saturated rings. The molecule has 0 aromatic heterocycles. The Morgan fingerprint density at radius 3 is 2.67 bits per heavy atom. The highest BCUT2D eigenvalue weighted by atomic mass is 15.2. The summed E-state index contributed by atoms with van der Waals surface area (Å²) in [6.07, 6.45) is 2.70. The van der Waals surface area contributed by atoms with E-state index in [4.69, 9.17) is 0 Å². The molecule has 1 heterocycles. The number of hydrogen-bond donors (Lipinski definition) is 1. The zero-order valence-corrected chi connectivity index (χ0v) is 11.9. The van der Waals surface area contributed by atoms with E-state index in [1.165, 1.54) is 31.6 Å². The second-order valence-electron chi connectivity index (χ2n) is 6.33. The van der Waals surface area contributed by atoms with E-state index in [1.807, 2.05) is 0 Å². The fraction of sp³-hybridized carbons (Fsp3) is 0.625. The van der Waals surface area contributed by atoms with Gasteiger partial charge in [-0.05, 0) is 43.9 Å². The first kappa shape index (κ1) is 13.4. The molecule has 1 aliphatic heterocycles. The van der Waals surface area contributed by atoms with Crippen LogP contribution >= 0.6 is 0 Å². The van der Waals surface area contributed by atoms with E-state index < -0.39 is 0 Å².